The predicted molar refractivity (Wildman–Crippen MR) is 68.1 cm³/mol. The van der Waals surface area contributed by atoms with Crippen molar-refractivity contribution in [2.45, 2.75) is 20.0 Å². The summed E-state index contributed by atoms with van der Waals surface area (Å²) in [6, 6.07) is 4.59. The van der Waals surface area contributed by atoms with Gasteiger partial charge in [-0.05, 0) is 48.0 Å². The van der Waals surface area contributed by atoms with E-state index < -0.39 is 12.7 Å². The molecule has 0 heterocycles. The van der Waals surface area contributed by atoms with E-state index >= 15 is 0 Å². The largest absolute Gasteiger partial charge is 0.405 e. The Morgan fingerprint density at radius 1 is 1.39 bits per heavy atom. The van der Waals surface area contributed by atoms with Crippen molar-refractivity contribution in [3.05, 3.63) is 28.2 Å². The van der Waals surface area contributed by atoms with E-state index in [-0.39, 0.29) is 12.3 Å². The standard InChI is InChI=1S/C12H13BrF3NO/c1-3-17(7-12(14,15)16)11-5-4-9(8(2)18)6-10(11)13/h4-6H,3,7H2,1-2H3. The molecule has 0 N–H and O–H groups in total. The molecule has 0 aromatic heterocycles. The molecule has 0 bridgehead atoms. The first kappa shape index (κ1) is 15.0. The Morgan fingerprint density at radius 3 is 2.39 bits per heavy atom. The molecule has 0 unspecified atom stereocenters. The third-order valence-electron chi connectivity index (χ3n) is 2.45. The number of benzene rings is 1. The average molecular weight is 324 g/mol. The quantitative estimate of drug-likeness (QED) is 0.779. The van der Waals surface area contributed by atoms with Crippen molar-refractivity contribution >= 4 is 27.4 Å². The normalized spacial score (nSPS) is 11.4. The topological polar surface area (TPSA) is 20.3 Å². The van der Waals surface area contributed by atoms with Gasteiger partial charge in [0.1, 0.15) is 6.54 Å². The van der Waals surface area contributed by atoms with Crippen LogP contribution < -0.4 is 4.90 Å². The first-order chi connectivity index (χ1) is 8.24. The van der Waals surface area contributed by atoms with Crippen molar-refractivity contribution in [3.63, 3.8) is 0 Å². The number of ketones is 1. The Balaban J connectivity index is 3.04. The van der Waals surface area contributed by atoms with Crippen molar-refractivity contribution in [1.29, 1.82) is 0 Å². The van der Waals surface area contributed by atoms with Crippen molar-refractivity contribution in [3.8, 4) is 0 Å². The molecule has 1 aromatic carbocycles. The van der Waals surface area contributed by atoms with Gasteiger partial charge in [-0.1, -0.05) is 0 Å². The zero-order chi connectivity index (χ0) is 13.9. The Kier molecular flexibility index (Phi) is 4.78. The number of nitrogens with zero attached hydrogens (tertiary/aromatic N) is 1. The summed E-state index contributed by atoms with van der Waals surface area (Å²) in [6.45, 7) is 2.28. The van der Waals surface area contributed by atoms with Crippen LogP contribution in [0.2, 0.25) is 0 Å². The number of carbonyl (C=O) groups excluding carboxylic acids is 1. The van der Waals surface area contributed by atoms with Crippen LogP contribution in [0.15, 0.2) is 22.7 Å². The molecule has 0 saturated heterocycles. The van der Waals surface area contributed by atoms with Crippen LogP contribution in [0, 0.1) is 0 Å². The molecule has 0 saturated carbocycles. The van der Waals surface area contributed by atoms with Gasteiger partial charge < -0.3 is 4.90 Å². The monoisotopic (exact) mass is 323 g/mol. The molecule has 18 heavy (non-hydrogen) atoms. The van der Waals surface area contributed by atoms with Gasteiger partial charge in [0.25, 0.3) is 0 Å². The molecule has 0 amide bonds. The number of halogens is 4. The Hall–Kier alpha value is -1.04. The highest BCUT2D eigenvalue weighted by atomic mass is 79.9. The van der Waals surface area contributed by atoms with E-state index in [0.29, 0.717) is 15.7 Å². The lowest BCUT2D eigenvalue weighted by atomic mass is 10.1. The lowest BCUT2D eigenvalue weighted by Gasteiger charge is -2.25. The Morgan fingerprint density at radius 2 is 2.00 bits per heavy atom. The van der Waals surface area contributed by atoms with Gasteiger partial charge in [-0.3, -0.25) is 4.79 Å². The summed E-state index contributed by atoms with van der Waals surface area (Å²) in [7, 11) is 0. The van der Waals surface area contributed by atoms with E-state index in [1.165, 1.54) is 30.0 Å². The molecule has 6 heteroatoms. The average Bonchev–Trinajstić information content (AvgIpc) is 2.24. The molecule has 0 aliphatic heterocycles. The minimum atomic E-state index is -4.26. The number of carbonyl (C=O) groups is 1. The smallest absolute Gasteiger partial charge is 0.362 e. The number of Topliss-reactive ketones (excluding diaryl/α,β-unsaturated/α-hetero) is 1. The Bertz CT molecular complexity index is 445. The van der Waals surface area contributed by atoms with Crippen LogP contribution in [-0.2, 0) is 0 Å². The fraction of sp³-hybridized carbons (Fsp3) is 0.417. The van der Waals surface area contributed by atoms with Crippen molar-refractivity contribution < 1.29 is 18.0 Å². The number of hydrogen-bond acceptors (Lipinski definition) is 2. The van der Waals surface area contributed by atoms with Crippen LogP contribution >= 0.6 is 15.9 Å². The molecule has 0 aliphatic carbocycles. The van der Waals surface area contributed by atoms with Crippen LogP contribution in [0.5, 0.6) is 0 Å². The van der Waals surface area contributed by atoms with Crippen LogP contribution in [-0.4, -0.2) is 25.0 Å². The Labute approximate surface area is 112 Å². The van der Waals surface area contributed by atoms with Gasteiger partial charge in [-0.25, -0.2) is 0 Å². The first-order valence-electron chi connectivity index (χ1n) is 5.36. The number of alkyl halides is 3. The maximum absolute atomic E-state index is 12.4. The summed E-state index contributed by atoms with van der Waals surface area (Å²) in [5, 5.41) is 0. The van der Waals surface area contributed by atoms with Crippen LogP contribution in [0.1, 0.15) is 24.2 Å². The van der Waals surface area contributed by atoms with Gasteiger partial charge in [0.15, 0.2) is 5.78 Å². The molecule has 0 fully saturated rings. The van der Waals surface area contributed by atoms with Gasteiger partial charge in [-0.15, -0.1) is 0 Å². The summed E-state index contributed by atoms with van der Waals surface area (Å²) < 4.78 is 37.7. The van der Waals surface area contributed by atoms with Gasteiger partial charge in [0, 0.05) is 16.6 Å². The maximum atomic E-state index is 12.4. The molecular formula is C12H13BrF3NO. The van der Waals surface area contributed by atoms with E-state index in [9.17, 15) is 18.0 Å². The highest BCUT2D eigenvalue weighted by Crippen LogP contribution is 2.30. The fourth-order valence-electron chi connectivity index (χ4n) is 1.57. The minimum Gasteiger partial charge on any atom is -0.362 e. The number of anilines is 1. The maximum Gasteiger partial charge on any atom is 0.405 e. The molecule has 0 aliphatic rings. The van der Waals surface area contributed by atoms with Gasteiger partial charge in [0.05, 0.1) is 5.69 Å². The highest BCUT2D eigenvalue weighted by Gasteiger charge is 2.30. The summed E-state index contributed by atoms with van der Waals surface area (Å²) >= 11 is 3.20. The van der Waals surface area contributed by atoms with Crippen LogP contribution in [0.25, 0.3) is 0 Å². The number of hydrogen-bond donors (Lipinski definition) is 0. The molecule has 100 valence electrons. The second-order valence-corrected chi connectivity index (χ2v) is 4.71. The van der Waals surface area contributed by atoms with Crippen molar-refractivity contribution in [1.82, 2.24) is 0 Å². The molecule has 1 aromatic rings. The predicted octanol–water partition coefficient (Wildman–Crippen LogP) is 4.04. The van der Waals surface area contributed by atoms with E-state index in [1.807, 2.05) is 0 Å². The van der Waals surface area contributed by atoms with Crippen molar-refractivity contribution in [2.75, 3.05) is 18.0 Å². The molecule has 2 nitrogen and oxygen atoms in total. The summed E-state index contributed by atoms with van der Waals surface area (Å²) in [6.07, 6.45) is -4.26. The third kappa shape index (κ3) is 4.01. The van der Waals surface area contributed by atoms with E-state index in [0.717, 1.165) is 0 Å². The second-order valence-electron chi connectivity index (χ2n) is 3.85. The van der Waals surface area contributed by atoms with E-state index in [4.69, 9.17) is 0 Å². The molecule has 1 rings (SSSR count). The summed E-state index contributed by atoms with van der Waals surface area (Å²) in [4.78, 5) is 12.4. The van der Waals surface area contributed by atoms with Gasteiger partial charge in [0.2, 0.25) is 0 Å². The first-order valence-corrected chi connectivity index (χ1v) is 6.16. The minimum absolute atomic E-state index is 0.124. The van der Waals surface area contributed by atoms with Gasteiger partial charge >= 0.3 is 6.18 Å². The van der Waals surface area contributed by atoms with Crippen LogP contribution in [0.3, 0.4) is 0 Å². The van der Waals surface area contributed by atoms with E-state index in [2.05, 4.69) is 15.9 Å². The zero-order valence-corrected chi connectivity index (χ0v) is 11.6. The molecule has 0 spiro atoms. The van der Waals surface area contributed by atoms with Crippen LogP contribution in [0.4, 0.5) is 18.9 Å². The molecular weight excluding hydrogens is 311 g/mol. The number of rotatable bonds is 4. The zero-order valence-electron chi connectivity index (χ0n) is 10.0. The lowest BCUT2D eigenvalue weighted by Crippen LogP contribution is -2.34. The summed E-state index contributed by atoms with van der Waals surface area (Å²) in [5.41, 5.74) is 0.897. The highest BCUT2D eigenvalue weighted by molar-refractivity contribution is 9.10. The van der Waals surface area contributed by atoms with Crippen molar-refractivity contribution in [2.24, 2.45) is 0 Å². The molecule has 0 radical (unpaired) electrons. The summed E-state index contributed by atoms with van der Waals surface area (Å²) in [5.74, 6) is -0.124. The second kappa shape index (κ2) is 5.73. The molecule has 0 atom stereocenters. The van der Waals surface area contributed by atoms with E-state index in [1.54, 1.807) is 6.92 Å². The SMILES string of the molecule is CCN(CC(F)(F)F)c1ccc(C(C)=O)cc1Br. The third-order valence-corrected chi connectivity index (χ3v) is 3.08. The lowest BCUT2D eigenvalue weighted by molar-refractivity contribution is -0.119. The fourth-order valence-corrected chi connectivity index (χ4v) is 2.20. The van der Waals surface area contributed by atoms with Gasteiger partial charge in [-0.2, -0.15) is 13.2 Å².